The van der Waals surface area contributed by atoms with Gasteiger partial charge >= 0.3 is 5.97 Å². The lowest BCUT2D eigenvalue weighted by atomic mass is 9.68. The van der Waals surface area contributed by atoms with Gasteiger partial charge in [-0.15, -0.1) is 0 Å². The van der Waals surface area contributed by atoms with Crippen LogP contribution in [0, 0.1) is 0 Å². The fourth-order valence-corrected chi connectivity index (χ4v) is 3.48. The van der Waals surface area contributed by atoms with E-state index < -0.39 is 11.4 Å². The minimum absolute atomic E-state index is 0.296. The molecule has 1 aliphatic carbocycles. The molecule has 1 aromatic rings. The number of carbonyl (C=O) groups is 1. The molecule has 0 aliphatic heterocycles. The van der Waals surface area contributed by atoms with Crippen molar-refractivity contribution < 1.29 is 24.1 Å². The molecule has 0 saturated heterocycles. The molecule has 1 N–H and O–H groups in total. The first-order chi connectivity index (χ1) is 10.6. The van der Waals surface area contributed by atoms with Gasteiger partial charge < -0.3 is 19.3 Å². The van der Waals surface area contributed by atoms with Crippen LogP contribution < -0.4 is 9.47 Å². The summed E-state index contributed by atoms with van der Waals surface area (Å²) < 4.78 is 16.1. The first-order valence-electron chi connectivity index (χ1n) is 7.57. The van der Waals surface area contributed by atoms with Crippen molar-refractivity contribution in [1.29, 1.82) is 0 Å². The molecule has 0 amide bonds. The molecule has 0 spiro atoms. The number of methoxy groups -OCH3 is 3. The third-order valence-corrected chi connectivity index (χ3v) is 4.57. The largest absolute Gasteiger partial charge is 0.493 e. The maximum absolute atomic E-state index is 12.1. The summed E-state index contributed by atoms with van der Waals surface area (Å²) in [5.74, 6) is 0.388. The summed E-state index contributed by atoms with van der Waals surface area (Å²) in [6.07, 6.45) is 4.23. The zero-order valence-electron chi connectivity index (χ0n) is 13.5. The SMILES string of the molecule is COCc1c(C2(C(=O)O)CCCCC2)ccc(OC)c1OC. The van der Waals surface area contributed by atoms with Crippen LogP contribution in [-0.4, -0.2) is 32.4 Å². The van der Waals surface area contributed by atoms with Crippen LogP contribution in [0.2, 0.25) is 0 Å². The molecular weight excluding hydrogens is 284 g/mol. The standard InChI is InChI=1S/C17H24O5/c1-20-11-12-13(7-8-14(21-2)15(12)22-3)17(16(18)19)9-5-4-6-10-17/h7-8H,4-6,9-11H2,1-3H3,(H,18,19). The number of carboxylic acids is 1. The van der Waals surface area contributed by atoms with E-state index in [1.54, 1.807) is 27.4 Å². The van der Waals surface area contributed by atoms with Gasteiger partial charge in [-0.1, -0.05) is 25.3 Å². The quantitative estimate of drug-likeness (QED) is 0.874. The van der Waals surface area contributed by atoms with Crippen LogP contribution in [0.25, 0.3) is 0 Å². The highest BCUT2D eigenvalue weighted by atomic mass is 16.5. The molecule has 1 aliphatic rings. The summed E-state index contributed by atoms with van der Waals surface area (Å²) in [5.41, 5.74) is 0.707. The van der Waals surface area contributed by atoms with Gasteiger partial charge in [0.25, 0.3) is 0 Å². The number of hydrogen-bond acceptors (Lipinski definition) is 4. The molecule has 5 nitrogen and oxygen atoms in total. The van der Waals surface area contributed by atoms with E-state index in [4.69, 9.17) is 14.2 Å². The summed E-state index contributed by atoms with van der Waals surface area (Å²) in [7, 11) is 4.73. The van der Waals surface area contributed by atoms with Crippen molar-refractivity contribution in [1.82, 2.24) is 0 Å². The summed E-state index contributed by atoms with van der Waals surface area (Å²) in [5, 5.41) is 9.91. The summed E-state index contributed by atoms with van der Waals surface area (Å²) in [6.45, 7) is 0.296. The van der Waals surface area contributed by atoms with E-state index >= 15 is 0 Å². The summed E-state index contributed by atoms with van der Waals surface area (Å²) in [4.78, 5) is 12.1. The molecule has 22 heavy (non-hydrogen) atoms. The van der Waals surface area contributed by atoms with E-state index in [2.05, 4.69) is 0 Å². The number of rotatable bonds is 6. The molecule has 1 aromatic carbocycles. The van der Waals surface area contributed by atoms with Crippen molar-refractivity contribution in [2.24, 2.45) is 0 Å². The molecule has 1 saturated carbocycles. The molecule has 0 unspecified atom stereocenters. The van der Waals surface area contributed by atoms with Crippen molar-refractivity contribution in [2.45, 2.75) is 44.1 Å². The predicted octanol–water partition coefficient (Wildman–Crippen LogP) is 3.14. The second-order valence-corrected chi connectivity index (χ2v) is 5.71. The lowest BCUT2D eigenvalue weighted by Gasteiger charge is -2.35. The molecule has 0 radical (unpaired) electrons. The second kappa shape index (κ2) is 7.01. The lowest BCUT2D eigenvalue weighted by molar-refractivity contribution is -0.145. The van der Waals surface area contributed by atoms with Gasteiger partial charge in [-0.25, -0.2) is 0 Å². The molecule has 0 atom stereocenters. The Morgan fingerprint density at radius 3 is 2.32 bits per heavy atom. The minimum Gasteiger partial charge on any atom is -0.493 e. The molecular formula is C17H24O5. The van der Waals surface area contributed by atoms with E-state index in [0.717, 1.165) is 30.4 Å². The molecule has 5 heteroatoms. The Hall–Kier alpha value is -1.75. The zero-order chi connectivity index (χ0) is 16.2. The van der Waals surface area contributed by atoms with Crippen LogP contribution in [0.1, 0.15) is 43.2 Å². The van der Waals surface area contributed by atoms with Crippen LogP contribution in [-0.2, 0) is 21.6 Å². The maximum atomic E-state index is 12.1. The van der Waals surface area contributed by atoms with Gasteiger partial charge in [-0.05, 0) is 24.5 Å². The van der Waals surface area contributed by atoms with Crippen LogP contribution in [0.4, 0.5) is 0 Å². The highest BCUT2D eigenvalue weighted by Crippen LogP contribution is 2.45. The lowest BCUT2D eigenvalue weighted by Crippen LogP contribution is -2.38. The van der Waals surface area contributed by atoms with Gasteiger partial charge in [-0.2, -0.15) is 0 Å². The van der Waals surface area contributed by atoms with Gasteiger partial charge in [0.05, 0.1) is 26.2 Å². The Morgan fingerprint density at radius 2 is 1.82 bits per heavy atom. The Balaban J connectivity index is 2.63. The first kappa shape index (κ1) is 16.6. The van der Waals surface area contributed by atoms with E-state index in [0.29, 0.717) is 30.9 Å². The highest BCUT2D eigenvalue weighted by molar-refractivity contribution is 5.82. The van der Waals surface area contributed by atoms with Crippen molar-refractivity contribution in [2.75, 3.05) is 21.3 Å². The van der Waals surface area contributed by atoms with Crippen LogP contribution in [0.5, 0.6) is 11.5 Å². The molecule has 122 valence electrons. The molecule has 0 aromatic heterocycles. The van der Waals surface area contributed by atoms with E-state index in [1.807, 2.05) is 6.07 Å². The average molecular weight is 308 g/mol. The van der Waals surface area contributed by atoms with E-state index in [9.17, 15) is 9.90 Å². The fraction of sp³-hybridized carbons (Fsp3) is 0.588. The molecule has 2 rings (SSSR count). The van der Waals surface area contributed by atoms with Gasteiger partial charge in [0.2, 0.25) is 0 Å². The smallest absolute Gasteiger partial charge is 0.314 e. The second-order valence-electron chi connectivity index (χ2n) is 5.71. The van der Waals surface area contributed by atoms with Crippen LogP contribution in [0.15, 0.2) is 12.1 Å². The van der Waals surface area contributed by atoms with Crippen molar-refractivity contribution in [3.63, 3.8) is 0 Å². The molecule has 0 bridgehead atoms. The fourth-order valence-electron chi connectivity index (χ4n) is 3.48. The Morgan fingerprint density at radius 1 is 1.14 bits per heavy atom. The monoisotopic (exact) mass is 308 g/mol. The Bertz CT molecular complexity index is 532. The summed E-state index contributed by atoms with van der Waals surface area (Å²) >= 11 is 0. The number of aliphatic carboxylic acids is 1. The normalized spacial score (nSPS) is 17.0. The van der Waals surface area contributed by atoms with Crippen molar-refractivity contribution in [3.05, 3.63) is 23.3 Å². The maximum Gasteiger partial charge on any atom is 0.314 e. The topological polar surface area (TPSA) is 65.0 Å². The third-order valence-electron chi connectivity index (χ3n) is 4.57. The van der Waals surface area contributed by atoms with Gasteiger partial charge in [-0.3, -0.25) is 4.79 Å². The third kappa shape index (κ3) is 2.77. The number of carboxylic acid groups (broad SMARTS) is 1. The average Bonchev–Trinajstić information content (AvgIpc) is 2.55. The summed E-state index contributed by atoms with van der Waals surface area (Å²) in [6, 6.07) is 3.64. The van der Waals surface area contributed by atoms with Crippen LogP contribution in [0.3, 0.4) is 0 Å². The molecule has 0 heterocycles. The van der Waals surface area contributed by atoms with E-state index in [-0.39, 0.29) is 0 Å². The van der Waals surface area contributed by atoms with Crippen molar-refractivity contribution >= 4 is 5.97 Å². The van der Waals surface area contributed by atoms with Gasteiger partial charge in [0.1, 0.15) is 0 Å². The zero-order valence-corrected chi connectivity index (χ0v) is 13.5. The van der Waals surface area contributed by atoms with E-state index in [1.165, 1.54) is 0 Å². The number of ether oxygens (including phenoxy) is 3. The van der Waals surface area contributed by atoms with Crippen molar-refractivity contribution in [3.8, 4) is 11.5 Å². The number of benzene rings is 1. The Labute approximate surface area is 131 Å². The minimum atomic E-state index is -0.855. The Kier molecular flexibility index (Phi) is 5.29. The number of hydrogen-bond donors (Lipinski definition) is 1. The first-order valence-corrected chi connectivity index (χ1v) is 7.57. The van der Waals surface area contributed by atoms with Crippen LogP contribution >= 0.6 is 0 Å². The van der Waals surface area contributed by atoms with Gasteiger partial charge in [0.15, 0.2) is 11.5 Å². The highest BCUT2D eigenvalue weighted by Gasteiger charge is 2.43. The van der Waals surface area contributed by atoms with Gasteiger partial charge in [0, 0.05) is 12.7 Å². The predicted molar refractivity (Wildman–Crippen MR) is 82.7 cm³/mol. The molecule has 1 fully saturated rings.